The molecule has 1 N–H and O–H groups in total. The van der Waals surface area contributed by atoms with Crippen LogP contribution in [-0.2, 0) is 22.6 Å². The standard InChI is InChI=1S/C28H37N3O5/c1-34-23-7-5-4-6-22(23)20-30-14-16-31(17-15-30)27(33)11-13-28(12-10-26(32)29-28)19-21-8-9-24(35-2)25(18-21)36-3/h4-9,18H,10-17,19-20H2,1-3H3,(H,29,32)/t28-/m1/s1. The van der Waals surface area contributed by atoms with Crippen LogP contribution < -0.4 is 19.5 Å². The van der Waals surface area contributed by atoms with Crippen LogP contribution in [0.2, 0.25) is 0 Å². The average molecular weight is 496 g/mol. The number of nitrogens with zero attached hydrogens (tertiary/aromatic N) is 2. The third kappa shape index (κ3) is 6.10. The predicted molar refractivity (Wildman–Crippen MR) is 137 cm³/mol. The molecule has 0 aromatic heterocycles. The van der Waals surface area contributed by atoms with E-state index in [0.717, 1.165) is 42.9 Å². The molecule has 2 fully saturated rings. The van der Waals surface area contributed by atoms with Crippen LogP contribution in [0.4, 0.5) is 0 Å². The van der Waals surface area contributed by atoms with Gasteiger partial charge >= 0.3 is 0 Å². The molecule has 2 aliphatic heterocycles. The lowest BCUT2D eigenvalue weighted by Crippen LogP contribution is -2.49. The van der Waals surface area contributed by atoms with Crippen molar-refractivity contribution < 1.29 is 23.8 Å². The van der Waals surface area contributed by atoms with Crippen LogP contribution in [0, 0.1) is 0 Å². The molecule has 2 aromatic rings. The van der Waals surface area contributed by atoms with Crippen LogP contribution in [0.25, 0.3) is 0 Å². The number of carbonyl (C=O) groups excluding carboxylic acids is 2. The molecule has 0 saturated carbocycles. The maximum atomic E-state index is 13.1. The van der Waals surface area contributed by atoms with Crippen molar-refractivity contribution in [3.8, 4) is 17.2 Å². The summed E-state index contributed by atoms with van der Waals surface area (Å²) in [5.41, 5.74) is 1.79. The van der Waals surface area contributed by atoms with Gasteiger partial charge in [-0.15, -0.1) is 0 Å². The summed E-state index contributed by atoms with van der Waals surface area (Å²) in [4.78, 5) is 29.6. The monoisotopic (exact) mass is 495 g/mol. The van der Waals surface area contributed by atoms with Crippen molar-refractivity contribution in [2.75, 3.05) is 47.5 Å². The average Bonchev–Trinajstić information content (AvgIpc) is 3.28. The molecule has 0 bridgehead atoms. The maximum absolute atomic E-state index is 13.1. The molecule has 2 aliphatic rings. The highest BCUT2D eigenvalue weighted by Gasteiger charge is 2.38. The highest BCUT2D eigenvalue weighted by molar-refractivity contribution is 5.80. The Kier molecular flexibility index (Phi) is 8.36. The van der Waals surface area contributed by atoms with Crippen molar-refractivity contribution >= 4 is 11.8 Å². The first-order chi connectivity index (χ1) is 17.4. The second-order valence-electron chi connectivity index (χ2n) is 9.66. The molecule has 1 atom stereocenters. The van der Waals surface area contributed by atoms with Crippen molar-refractivity contribution in [3.05, 3.63) is 53.6 Å². The smallest absolute Gasteiger partial charge is 0.222 e. The van der Waals surface area contributed by atoms with E-state index in [9.17, 15) is 9.59 Å². The summed E-state index contributed by atoms with van der Waals surface area (Å²) in [6, 6.07) is 13.9. The van der Waals surface area contributed by atoms with Gasteiger partial charge in [0.1, 0.15) is 5.75 Å². The largest absolute Gasteiger partial charge is 0.496 e. The molecule has 2 amide bonds. The zero-order valence-electron chi connectivity index (χ0n) is 21.5. The molecular weight excluding hydrogens is 458 g/mol. The molecule has 0 unspecified atom stereocenters. The van der Waals surface area contributed by atoms with Crippen molar-refractivity contribution in [2.45, 2.75) is 44.2 Å². The summed E-state index contributed by atoms with van der Waals surface area (Å²) in [7, 11) is 4.92. The molecular formula is C28H37N3O5. The van der Waals surface area contributed by atoms with Gasteiger partial charge in [0.25, 0.3) is 0 Å². The third-order valence-corrected chi connectivity index (χ3v) is 7.35. The fourth-order valence-corrected chi connectivity index (χ4v) is 5.30. The molecule has 0 radical (unpaired) electrons. The van der Waals surface area contributed by atoms with E-state index in [1.54, 1.807) is 21.3 Å². The number of para-hydroxylation sites is 1. The normalized spacial score (nSPS) is 20.2. The van der Waals surface area contributed by atoms with Gasteiger partial charge in [-0.05, 0) is 43.0 Å². The Morgan fingerprint density at radius 2 is 1.67 bits per heavy atom. The fraction of sp³-hybridized carbons (Fsp3) is 0.500. The summed E-state index contributed by atoms with van der Waals surface area (Å²) >= 11 is 0. The van der Waals surface area contributed by atoms with E-state index in [1.165, 1.54) is 0 Å². The Bertz CT molecular complexity index is 1070. The minimum Gasteiger partial charge on any atom is -0.496 e. The molecule has 8 nitrogen and oxygen atoms in total. The Balaban J connectivity index is 1.33. The Labute approximate surface area is 213 Å². The van der Waals surface area contributed by atoms with Crippen molar-refractivity contribution in [1.29, 1.82) is 0 Å². The topological polar surface area (TPSA) is 80.3 Å². The molecule has 2 heterocycles. The molecule has 4 rings (SSSR count). The Morgan fingerprint density at radius 3 is 2.33 bits per heavy atom. The van der Waals surface area contributed by atoms with E-state index in [2.05, 4.69) is 16.3 Å². The van der Waals surface area contributed by atoms with Gasteiger partial charge in [-0.2, -0.15) is 0 Å². The molecule has 0 aliphatic carbocycles. The van der Waals surface area contributed by atoms with Crippen LogP contribution in [0.15, 0.2) is 42.5 Å². The first-order valence-corrected chi connectivity index (χ1v) is 12.6. The predicted octanol–water partition coefficient (Wildman–Crippen LogP) is 3.03. The number of rotatable bonds is 10. The summed E-state index contributed by atoms with van der Waals surface area (Å²) in [6.07, 6.45) is 2.90. The highest BCUT2D eigenvalue weighted by atomic mass is 16.5. The van der Waals surface area contributed by atoms with E-state index < -0.39 is 5.54 Å². The van der Waals surface area contributed by atoms with Crippen LogP contribution in [0.5, 0.6) is 17.2 Å². The number of amides is 2. The van der Waals surface area contributed by atoms with E-state index in [1.807, 2.05) is 41.3 Å². The number of hydrogen-bond donors (Lipinski definition) is 1. The number of hydrogen-bond acceptors (Lipinski definition) is 6. The van der Waals surface area contributed by atoms with Crippen LogP contribution in [0.1, 0.15) is 36.8 Å². The molecule has 2 saturated heterocycles. The number of methoxy groups -OCH3 is 3. The third-order valence-electron chi connectivity index (χ3n) is 7.35. The molecule has 8 heteroatoms. The molecule has 194 valence electrons. The molecule has 0 spiro atoms. The van der Waals surface area contributed by atoms with Gasteiger partial charge in [-0.1, -0.05) is 24.3 Å². The van der Waals surface area contributed by atoms with Crippen molar-refractivity contribution in [3.63, 3.8) is 0 Å². The second kappa shape index (κ2) is 11.6. The van der Waals surface area contributed by atoms with Crippen LogP contribution in [0.3, 0.4) is 0 Å². The number of nitrogens with one attached hydrogen (secondary N) is 1. The van der Waals surface area contributed by atoms with E-state index >= 15 is 0 Å². The van der Waals surface area contributed by atoms with Gasteiger partial charge in [-0.3, -0.25) is 14.5 Å². The number of benzene rings is 2. The SMILES string of the molecule is COc1ccccc1CN1CCN(C(=O)CC[C@@]2(Cc3ccc(OC)c(OC)c3)CCC(=O)N2)CC1. The van der Waals surface area contributed by atoms with Crippen molar-refractivity contribution in [2.24, 2.45) is 0 Å². The van der Waals surface area contributed by atoms with Gasteiger partial charge in [0.15, 0.2) is 11.5 Å². The highest BCUT2D eigenvalue weighted by Crippen LogP contribution is 2.34. The first kappa shape index (κ1) is 25.8. The van der Waals surface area contributed by atoms with Gasteiger partial charge in [0.05, 0.1) is 21.3 Å². The van der Waals surface area contributed by atoms with Gasteiger partial charge in [0.2, 0.25) is 11.8 Å². The summed E-state index contributed by atoms with van der Waals surface area (Å²) < 4.78 is 16.3. The Hall–Kier alpha value is -3.26. The lowest BCUT2D eigenvalue weighted by atomic mass is 9.84. The van der Waals surface area contributed by atoms with Gasteiger partial charge in [0, 0.05) is 56.7 Å². The number of piperazine rings is 1. The lowest BCUT2D eigenvalue weighted by molar-refractivity contribution is -0.133. The second-order valence-corrected chi connectivity index (χ2v) is 9.66. The van der Waals surface area contributed by atoms with Crippen LogP contribution >= 0.6 is 0 Å². The van der Waals surface area contributed by atoms with Gasteiger partial charge < -0.3 is 24.4 Å². The molecule has 2 aromatic carbocycles. The van der Waals surface area contributed by atoms with Gasteiger partial charge in [-0.25, -0.2) is 0 Å². The number of carbonyl (C=O) groups is 2. The van der Waals surface area contributed by atoms with Crippen molar-refractivity contribution in [1.82, 2.24) is 15.1 Å². The lowest BCUT2D eigenvalue weighted by Gasteiger charge is -2.36. The minimum absolute atomic E-state index is 0.0490. The molecule has 36 heavy (non-hydrogen) atoms. The van der Waals surface area contributed by atoms with E-state index in [4.69, 9.17) is 14.2 Å². The maximum Gasteiger partial charge on any atom is 0.222 e. The Morgan fingerprint density at radius 1 is 0.944 bits per heavy atom. The van der Waals surface area contributed by atoms with E-state index in [-0.39, 0.29) is 11.8 Å². The summed E-state index contributed by atoms with van der Waals surface area (Å²) in [6.45, 7) is 3.90. The summed E-state index contributed by atoms with van der Waals surface area (Å²) in [5, 5.41) is 3.18. The number of ether oxygens (including phenoxy) is 3. The zero-order chi connectivity index (χ0) is 25.5. The van der Waals surface area contributed by atoms with Crippen LogP contribution in [-0.4, -0.2) is 74.7 Å². The van der Waals surface area contributed by atoms with E-state index in [0.29, 0.717) is 50.3 Å². The summed E-state index contributed by atoms with van der Waals surface area (Å²) in [5.74, 6) is 2.43. The fourth-order valence-electron chi connectivity index (χ4n) is 5.30. The zero-order valence-corrected chi connectivity index (χ0v) is 21.5. The quantitative estimate of drug-likeness (QED) is 0.546. The first-order valence-electron chi connectivity index (χ1n) is 12.6. The minimum atomic E-state index is -0.419.